The highest BCUT2D eigenvalue weighted by Crippen LogP contribution is 2.33. The molecule has 0 fully saturated rings. The lowest BCUT2D eigenvalue weighted by atomic mass is 10.1. The van der Waals surface area contributed by atoms with E-state index in [1.54, 1.807) is 6.20 Å². The van der Waals surface area contributed by atoms with Crippen molar-refractivity contribution >= 4 is 21.9 Å². The molecule has 30 heavy (non-hydrogen) atoms. The minimum absolute atomic E-state index is 0.791. The van der Waals surface area contributed by atoms with Gasteiger partial charge in [0.25, 0.3) is 0 Å². The zero-order chi connectivity index (χ0) is 19.9. The Morgan fingerprint density at radius 2 is 1.77 bits per heavy atom. The van der Waals surface area contributed by atoms with E-state index in [1.165, 1.54) is 0 Å². The number of rotatable bonds is 3. The summed E-state index contributed by atoms with van der Waals surface area (Å²) < 4.78 is 0. The number of H-pyrrole nitrogens is 2. The third-order valence-corrected chi connectivity index (χ3v) is 5.23. The Hall–Kier alpha value is -4.32. The Morgan fingerprint density at radius 3 is 2.63 bits per heavy atom. The molecule has 0 aliphatic heterocycles. The average molecular weight is 388 g/mol. The van der Waals surface area contributed by atoms with Crippen LogP contribution in [0.25, 0.3) is 55.8 Å². The second-order valence-corrected chi connectivity index (χ2v) is 7.07. The van der Waals surface area contributed by atoms with Crippen LogP contribution in [-0.2, 0) is 0 Å². The zero-order valence-corrected chi connectivity index (χ0v) is 15.9. The van der Waals surface area contributed by atoms with E-state index in [9.17, 15) is 0 Å². The molecule has 0 saturated heterocycles. The number of nitrogens with one attached hydrogen (secondary N) is 2. The molecule has 0 amide bonds. The number of fused-ring (bicyclic) bond motifs is 2. The largest absolute Gasteiger partial charge is 0.353 e. The number of hydrogen-bond donors (Lipinski definition) is 2. The van der Waals surface area contributed by atoms with Gasteiger partial charge in [-0.25, -0.2) is 4.98 Å². The van der Waals surface area contributed by atoms with Crippen molar-refractivity contribution in [2.75, 3.05) is 0 Å². The predicted octanol–water partition coefficient (Wildman–Crippen LogP) is 5.23. The van der Waals surface area contributed by atoms with E-state index < -0.39 is 0 Å². The number of nitrogens with zero attached hydrogens (tertiary/aromatic N) is 4. The van der Waals surface area contributed by atoms with Gasteiger partial charge in [-0.05, 0) is 48.5 Å². The minimum atomic E-state index is 0.791. The Kier molecular flexibility index (Phi) is 3.67. The van der Waals surface area contributed by atoms with E-state index in [-0.39, 0.29) is 0 Å². The second-order valence-electron chi connectivity index (χ2n) is 7.07. The van der Waals surface area contributed by atoms with Gasteiger partial charge in [-0.15, -0.1) is 0 Å². The van der Waals surface area contributed by atoms with Crippen LogP contribution in [-0.4, -0.2) is 30.1 Å². The van der Waals surface area contributed by atoms with Crippen molar-refractivity contribution < 1.29 is 0 Å². The van der Waals surface area contributed by atoms with Gasteiger partial charge in [-0.1, -0.05) is 18.2 Å². The highest BCUT2D eigenvalue weighted by atomic mass is 15.1. The van der Waals surface area contributed by atoms with Gasteiger partial charge in [0.2, 0.25) is 0 Å². The first-order valence-electron chi connectivity index (χ1n) is 9.66. The van der Waals surface area contributed by atoms with Gasteiger partial charge in [0.15, 0.2) is 0 Å². The van der Waals surface area contributed by atoms with E-state index in [2.05, 4.69) is 43.3 Å². The van der Waals surface area contributed by atoms with Gasteiger partial charge in [0.1, 0.15) is 11.2 Å². The monoisotopic (exact) mass is 388 g/mol. The van der Waals surface area contributed by atoms with Crippen LogP contribution in [0.2, 0.25) is 0 Å². The zero-order valence-electron chi connectivity index (χ0n) is 15.9. The lowest BCUT2D eigenvalue weighted by Crippen LogP contribution is -1.86. The first-order valence-corrected chi connectivity index (χ1v) is 9.66. The molecule has 0 aliphatic rings. The van der Waals surface area contributed by atoms with E-state index in [0.29, 0.717) is 0 Å². The highest BCUT2D eigenvalue weighted by molar-refractivity contribution is 6.00. The summed E-state index contributed by atoms with van der Waals surface area (Å²) >= 11 is 0. The molecule has 0 unspecified atom stereocenters. The third-order valence-electron chi connectivity index (χ3n) is 5.23. The lowest BCUT2D eigenvalue weighted by molar-refractivity contribution is 1.12. The van der Waals surface area contributed by atoms with Gasteiger partial charge in [-0.2, -0.15) is 5.10 Å². The van der Waals surface area contributed by atoms with Gasteiger partial charge >= 0.3 is 0 Å². The summed E-state index contributed by atoms with van der Waals surface area (Å²) in [6.07, 6.45) is 5.39. The van der Waals surface area contributed by atoms with Gasteiger partial charge < -0.3 is 4.98 Å². The number of aromatic amines is 2. The van der Waals surface area contributed by atoms with Crippen LogP contribution in [0.15, 0.2) is 85.3 Å². The van der Waals surface area contributed by atoms with Gasteiger partial charge in [0.05, 0.1) is 22.6 Å². The van der Waals surface area contributed by atoms with Crippen molar-refractivity contribution in [3.8, 4) is 33.9 Å². The quantitative estimate of drug-likeness (QED) is 0.435. The normalized spacial score (nSPS) is 11.3. The molecule has 6 rings (SSSR count). The summed E-state index contributed by atoms with van der Waals surface area (Å²) in [6.45, 7) is 0. The summed E-state index contributed by atoms with van der Waals surface area (Å²) in [5, 5.41) is 8.75. The predicted molar refractivity (Wildman–Crippen MR) is 118 cm³/mol. The SMILES string of the molecule is c1ccc(-c2cccc3[nH]c(-c4n[nH]c5ccc(-c6cccnc6)nc45)cc23)nc1. The maximum absolute atomic E-state index is 4.87. The second kappa shape index (κ2) is 6.63. The molecule has 6 heteroatoms. The summed E-state index contributed by atoms with van der Waals surface area (Å²) in [5.41, 5.74) is 8.31. The molecular weight excluding hydrogens is 372 g/mol. The Bertz CT molecular complexity index is 1480. The van der Waals surface area contributed by atoms with Gasteiger partial charge in [-0.3, -0.25) is 15.1 Å². The Labute approximate surface area is 171 Å². The fourth-order valence-corrected chi connectivity index (χ4v) is 3.79. The molecule has 6 aromatic rings. The molecule has 0 radical (unpaired) electrons. The van der Waals surface area contributed by atoms with Crippen LogP contribution in [0.3, 0.4) is 0 Å². The summed E-state index contributed by atoms with van der Waals surface area (Å²) in [4.78, 5) is 17.1. The van der Waals surface area contributed by atoms with Crippen molar-refractivity contribution in [2.24, 2.45) is 0 Å². The first-order chi connectivity index (χ1) is 14.9. The molecule has 1 aromatic carbocycles. The first kappa shape index (κ1) is 16.6. The van der Waals surface area contributed by atoms with Crippen LogP contribution < -0.4 is 0 Å². The minimum Gasteiger partial charge on any atom is -0.353 e. The van der Waals surface area contributed by atoms with E-state index >= 15 is 0 Å². The highest BCUT2D eigenvalue weighted by Gasteiger charge is 2.15. The van der Waals surface area contributed by atoms with Crippen LogP contribution >= 0.6 is 0 Å². The molecule has 5 aromatic heterocycles. The Balaban J connectivity index is 1.52. The summed E-state index contributed by atoms with van der Waals surface area (Å²) in [6, 6.07) is 22.1. The smallest absolute Gasteiger partial charge is 0.135 e. The lowest BCUT2D eigenvalue weighted by Gasteiger charge is -2.01. The van der Waals surface area contributed by atoms with Crippen molar-refractivity contribution in [2.45, 2.75) is 0 Å². The van der Waals surface area contributed by atoms with Crippen LogP contribution in [0, 0.1) is 0 Å². The van der Waals surface area contributed by atoms with E-state index in [4.69, 9.17) is 4.98 Å². The van der Waals surface area contributed by atoms with Crippen molar-refractivity contribution in [1.29, 1.82) is 0 Å². The van der Waals surface area contributed by atoms with Crippen molar-refractivity contribution in [3.05, 3.63) is 85.3 Å². The fourth-order valence-electron chi connectivity index (χ4n) is 3.79. The fraction of sp³-hybridized carbons (Fsp3) is 0. The standard InChI is InChI=1S/C24H16N6/c1-2-12-26-19(7-1)16-6-3-8-20-17(16)13-22(27-20)24-23-21(29-30-24)10-9-18(28-23)15-5-4-11-25-14-15/h1-14,27H,(H,29,30). The molecule has 0 spiro atoms. The number of pyridine rings is 3. The maximum Gasteiger partial charge on any atom is 0.135 e. The summed E-state index contributed by atoms with van der Waals surface area (Å²) in [7, 11) is 0. The molecule has 0 atom stereocenters. The maximum atomic E-state index is 4.87. The Morgan fingerprint density at radius 1 is 0.767 bits per heavy atom. The van der Waals surface area contributed by atoms with Crippen LogP contribution in [0.5, 0.6) is 0 Å². The topological polar surface area (TPSA) is 83.1 Å². The van der Waals surface area contributed by atoms with Crippen LogP contribution in [0.4, 0.5) is 0 Å². The van der Waals surface area contributed by atoms with Crippen molar-refractivity contribution in [3.63, 3.8) is 0 Å². The van der Waals surface area contributed by atoms with E-state index in [1.807, 2.05) is 60.9 Å². The molecule has 0 aliphatic carbocycles. The number of hydrogen-bond acceptors (Lipinski definition) is 4. The summed E-state index contributed by atoms with van der Waals surface area (Å²) in [5.74, 6) is 0. The molecule has 0 saturated carbocycles. The van der Waals surface area contributed by atoms with Crippen molar-refractivity contribution in [1.82, 2.24) is 30.1 Å². The molecule has 2 N–H and O–H groups in total. The van der Waals surface area contributed by atoms with Crippen LogP contribution in [0.1, 0.15) is 0 Å². The average Bonchev–Trinajstić information content (AvgIpc) is 3.43. The third kappa shape index (κ3) is 2.66. The van der Waals surface area contributed by atoms with Gasteiger partial charge in [0, 0.05) is 40.6 Å². The molecule has 142 valence electrons. The molecule has 6 nitrogen and oxygen atoms in total. The number of benzene rings is 1. The molecular formula is C24H16N6. The number of aromatic nitrogens is 6. The molecule has 0 bridgehead atoms. The van der Waals surface area contributed by atoms with E-state index in [0.717, 1.165) is 55.8 Å². The molecule has 5 heterocycles.